The summed E-state index contributed by atoms with van der Waals surface area (Å²) in [6, 6.07) is 18.7. The van der Waals surface area contributed by atoms with Crippen LogP contribution in [0, 0.1) is 0 Å². The average molecular weight is 384 g/mol. The molecule has 0 unspecified atom stereocenters. The third-order valence-electron chi connectivity index (χ3n) is 3.13. The van der Waals surface area contributed by atoms with Gasteiger partial charge in [-0.15, -0.1) is 0 Å². The highest BCUT2D eigenvalue weighted by Gasteiger charge is 2.38. The minimum absolute atomic E-state index is 0.315. The van der Waals surface area contributed by atoms with Gasteiger partial charge in [-0.2, -0.15) is 13.2 Å². The number of carboxylic acids is 1. The van der Waals surface area contributed by atoms with Gasteiger partial charge in [-0.3, -0.25) is 9.63 Å². The number of hydroxylamine groups is 1. The fourth-order valence-electron chi connectivity index (χ4n) is 1.80. The fourth-order valence-corrected chi connectivity index (χ4v) is 1.80. The van der Waals surface area contributed by atoms with Gasteiger partial charge in [0.05, 0.1) is 12.6 Å². The molecule has 0 fully saturated rings. The molecule has 0 aliphatic heterocycles. The molecule has 2 aromatic carbocycles. The van der Waals surface area contributed by atoms with Crippen molar-refractivity contribution in [2.45, 2.75) is 25.2 Å². The van der Waals surface area contributed by atoms with Crippen LogP contribution in [0.1, 0.15) is 11.1 Å². The number of aliphatic carboxylic acids is 1. The van der Waals surface area contributed by atoms with E-state index in [4.69, 9.17) is 20.5 Å². The van der Waals surface area contributed by atoms with Crippen LogP contribution in [-0.4, -0.2) is 29.2 Å². The molecule has 6 nitrogen and oxygen atoms in total. The van der Waals surface area contributed by atoms with Gasteiger partial charge < -0.3 is 10.8 Å². The van der Waals surface area contributed by atoms with Gasteiger partial charge in [0.1, 0.15) is 0 Å². The summed E-state index contributed by atoms with van der Waals surface area (Å²) in [5.74, 6) is -3.07. The van der Waals surface area contributed by atoms with E-state index in [1.807, 2.05) is 60.7 Å². The number of halogens is 3. The molecule has 1 amide bonds. The molecule has 146 valence electrons. The lowest BCUT2D eigenvalue weighted by Gasteiger charge is -2.12. The van der Waals surface area contributed by atoms with Gasteiger partial charge in [0, 0.05) is 0 Å². The lowest BCUT2D eigenvalue weighted by molar-refractivity contribution is -0.192. The van der Waals surface area contributed by atoms with E-state index in [0.29, 0.717) is 13.0 Å². The Morgan fingerprint density at radius 3 is 1.89 bits per heavy atom. The van der Waals surface area contributed by atoms with Crippen LogP contribution in [0.3, 0.4) is 0 Å². The molecule has 0 saturated heterocycles. The first-order chi connectivity index (χ1) is 12.7. The fraction of sp³-hybridized carbons (Fsp3) is 0.222. The Hall–Kier alpha value is -2.91. The van der Waals surface area contributed by atoms with Gasteiger partial charge in [0.25, 0.3) is 5.91 Å². The number of nitrogens with one attached hydrogen (secondary N) is 1. The van der Waals surface area contributed by atoms with Crippen LogP contribution in [0.2, 0.25) is 0 Å². The highest BCUT2D eigenvalue weighted by atomic mass is 19.4. The summed E-state index contributed by atoms with van der Waals surface area (Å²) >= 11 is 0. The number of carboxylic acid groups (broad SMARTS) is 1. The summed E-state index contributed by atoms with van der Waals surface area (Å²) in [6.45, 7) is 0.324. The van der Waals surface area contributed by atoms with Crippen molar-refractivity contribution in [3.05, 3.63) is 71.8 Å². The normalized spacial score (nSPS) is 11.7. The second-order valence-electron chi connectivity index (χ2n) is 5.34. The van der Waals surface area contributed by atoms with Crippen molar-refractivity contribution in [2.24, 2.45) is 5.73 Å². The van der Waals surface area contributed by atoms with E-state index in [2.05, 4.69) is 5.48 Å². The van der Waals surface area contributed by atoms with E-state index in [0.717, 1.165) is 11.1 Å². The van der Waals surface area contributed by atoms with Crippen molar-refractivity contribution in [1.29, 1.82) is 0 Å². The van der Waals surface area contributed by atoms with Crippen LogP contribution >= 0.6 is 0 Å². The smallest absolute Gasteiger partial charge is 0.475 e. The maximum absolute atomic E-state index is 11.8. The molecular weight excluding hydrogens is 365 g/mol. The average Bonchev–Trinajstić information content (AvgIpc) is 2.63. The van der Waals surface area contributed by atoms with Crippen molar-refractivity contribution >= 4 is 11.9 Å². The van der Waals surface area contributed by atoms with Gasteiger partial charge in [0.15, 0.2) is 0 Å². The van der Waals surface area contributed by atoms with Crippen molar-refractivity contribution in [2.75, 3.05) is 0 Å². The molecule has 0 aliphatic carbocycles. The number of nitrogens with two attached hydrogens (primary N) is 1. The predicted molar refractivity (Wildman–Crippen MR) is 91.2 cm³/mol. The molecule has 9 heteroatoms. The third kappa shape index (κ3) is 9.38. The van der Waals surface area contributed by atoms with E-state index in [9.17, 15) is 18.0 Å². The lowest BCUT2D eigenvalue weighted by Crippen LogP contribution is -2.41. The van der Waals surface area contributed by atoms with Gasteiger partial charge in [0.2, 0.25) is 0 Å². The van der Waals surface area contributed by atoms with E-state index in [1.54, 1.807) is 0 Å². The zero-order valence-corrected chi connectivity index (χ0v) is 14.1. The van der Waals surface area contributed by atoms with Crippen LogP contribution in [-0.2, 0) is 27.5 Å². The molecule has 0 bridgehead atoms. The molecular formula is C18H19F3N2O4. The van der Waals surface area contributed by atoms with Crippen LogP contribution in [0.25, 0.3) is 0 Å². The lowest BCUT2D eigenvalue weighted by atomic mass is 10.1. The SMILES string of the molecule is N[C@@H](Cc1ccccc1)C(=O)NOCc1ccccc1.O=C(O)C(F)(F)F. The zero-order valence-electron chi connectivity index (χ0n) is 14.1. The Labute approximate surface area is 153 Å². The number of amides is 1. The third-order valence-corrected chi connectivity index (χ3v) is 3.13. The highest BCUT2D eigenvalue weighted by Crippen LogP contribution is 2.13. The molecule has 2 rings (SSSR count). The maximum Gasteiger partial charge on any atom is 0.490 e. The Balaban J connectivity index is 0.000000445. The van der Waals surface area contributed by atoms with Crippen LogP contribution in [0.4, 0.5) is 13.2 Å². The molecule has 0 spiro atoms. The van der Waals surface area contributed by atoms with Crippen molar-refractivity contribution < 1.29 is 32.7 Å². The second-order valence-corrected chi connectivity index (χ2v) is 5.34. The summed E-state index contributed by atoms with van der Waals surface area (Å²) in [6.07, 6.45) is -4.60. The van der Waals surface area contributed by atoms with Crippen molar-refractivity contribution in [1.82, 2.24) is 5.48 Å². The second kappa shape index (κ2) is 10.9. The molecule has 27 heavy (non-hydrogen) atoms. The van der Waals surface area contributed by atoms with Crippen LogP contribution in [0.5, 0.6) is 0 Å². The number of carbonyl (C=O) groups is 2. The number of carbonyl (C=O) groups excluding carboxylic acids is 1. The Morgan fingerprint density at radius 2 is 1.44 bits per heavy atom. The number of alkyl halides is 3. The van der Waals surface area contributed by atoms with Crippen molar-refractivity contribution in [3.8, 4) is 0 Å². The number of rotatable bonds is 6. The van der Waals surface area contributed by atoms with Gasteiger partial charge in [-0.05, 0) is 17.5 Å². The first-order valence-corrected chi connectivity index (χ1v) is 7.75. The number of benzene rings is 2. The highest BCUT2D eigenvalue weighted by molar-refractivity contribution is 5.80. The largest absolute Gasteiger partial charge is 0.490 e. The summed E-state index contributed by atoms with van der Waals surface area (Å²) in [4.78, 5) is 25.8. The van der Waals surface area contributed by atoms with E-state index >= 15 is 0 Å². The molecule has 1 atom stereocenters. The summed E-state index contributed by atoms with van der Waals surface area (Å²) < 4.78 is 31.7. The Morgan fingerprint density at radius 1 is 1.00 bits per heavy atom. The Kier molecular flexibility index (Phi) is 8.97. The van der Waals surface area contributed by atoms with E-state index in [1.165, 1.54) is 0 Å². The minimum atomic E-state index is -5.08. The van der Waals surface area contributed by atoms with E-state index < -0.39 is 18.2 Å². The van der Waals surface area contributed by atoms with Crippen LogP contribution < -0.4 is 11.2 Å². The molecule has 0 heterocycles. The van der Waals surface area contributed by atoms with Crippen LogP contribution in [0.15, 0.2) is 60.7 Å². The Bertz CT molecular complexity index is 710. The molecule has 0 saturated carbocycles. The van der Waals surface area contributed by atoms with Gasteiger partial charge in [-0.25, -0.2) is 10.3 Å². The van der Waals surface area contributed by atoms with Gasteiger partial charge >= 0.3 is 12.1 Å². The van der Waals surface area contributed by atoms with Crippen molar-refractivity contribution in [3.63, 3.8) is 0 Å². The first kappa shape index (κ1) is 22.1. The minimum Gasteiger partial charge on any atom is -0.475 e. The molecule has 0 aliphatic rings. The summed E-state index contributed by atoms with van der Waals surface area (Å²) in [7, 11) is 0. The predicted octanol–water partition coefficient (Wildman–Crippen LogP) is 2.44. The summed E-state index contributed by atoms with van der Waals surface area (Å²) in [5.41, 5.74) is 10.2. The number of hydrogen-bond donors (Lipinski definition) is 3. The maximum atomic E-state index is 11.8. The summed E-state index contributed by atoms with van der Waals surface area (Å²) in [5, 5.41) is 7.12. The van der Waals surface area contributed by atoms with Gasteiger partial charge in [-0.1, -0.05) is 60.7 Å². The monoisotopic (exact) mass is 384 g/mol. The molecule has 0 radical (unpaired) electrons. The quantitative estimate of drug-likeness (QED) is 0.664. The number of hydrogen-bond acceptors (Lipinski definition) is 4. The molecule has 0 aromatic heterocycles. The topological polar surface area (TPSA) is 102 Å². The molecule has 2 aromatic rings. The first-order valence-electron chi connectivity index (χ1n) is 7.75. The zero-order chi connectivity index (χ0) is 20.3. The van der Waals surface area contributed by atoms with E-state index in [-0.39, 0.29) is 5.91 Å². The standard InChI is InChI=1S/C16H18N2O2.C2HF3O2/c17-15(11-13-7-3-1-4-8-13)16(19)18-20-12-14-9-5-2-6-10-14;3-2(4,5)1(6)7/h1-10,15H,11-12,17H2,(H,18,19);(H,6,7)/t15-;/m0./s1. The molecule has 4 N–H and O–H groups in total.